The standard InChI is InChI=1S/C5H2Cl2N2O/c6-4-1-8-3(2-10)5(7)9-4/h1-2H. The van der Waals surface area contributed by atoms with E-state index in [1.807, 2.05) is 0 Å². The molecular formula is C5H2Cl2N2O. The normalized spacial score (nSPS) is 9.40. The van der Waals surface area contributed by atoms with Gasteiger partial charge in [0.05, 0.1) is 6.20 Å². The van der Waals surface area contributed by atoms with Crippen molar-refractivity contribution in [3.8, 4) is 0 Å². The van der Waals surface area contributed by atoms with E-state index >= 15 is 0 Å². The van der Waals surface area contributed by atoms with Crippen LogP contribution < -0.4 is 0 Å². The fourth-order valence-electron chi connectivity index (χ4n) is 0.435. The van der Waals surface area contributed by atoms with E-state index in [0.717, 1.165) is 0 Å². The minimum absolute atomic E-state index is 0.0301. The first-order valence-electron chi connectivity index (χ1n) is 2.37. The molecule has 52 valence electrons. The van der Waals surface area contributed by atoms with E-state index in [1.54, 1.807) is 0 Å². The largest absolute Gasteiger partial charge is 0.296 e. The predicted octanol–water partition coefficient (Wildman–Crippen LogP) is 1.60. The molecule has 10 heavy (non-hydrogen) atoms. The second-order valence-electron chi connectivity index (χ2n) is 1.49. The van der Waals surface area contributed by atoms with E-state index in [0.29, 0.717) is 6.29 Å². The third-order valence-corrected chi connectivity index (χ3v) is 1.30. The molecular weight excluding hydrogens is 175 g/mol. The highest BCUT2D eigenvalue weighted by Gasteiger charge is 2.00. The van der Waals surface area contributed by atoms with Gasteiger partial charge in [0.15, 0.2) is 11.4 Å². The van der Waals surface area contributed by atoms with Gasteiger partial charge in [-0.3, -0.25) is 4.79 Å². The number of hydrogen-bond acceptors (Lipinski definition) is 3. The van der Waals surface area contributed by atoms with Crippen LogP contribution in [0.4, 0.5) is 0 Å². The van der Waals surface area contributed by atoms with Crippen molar-refractivity contribution in [1.29, 1.82) is 0 Å². The monoisotopic (exact) mass is 176 g/mol. The van der Waals surface area contributed by atoms with Gasteiger partial charge in [-0.05, 0) is 0 Å². The summed E-state index contributed by atoms with van der Waals surface area (Å²) in [4.78, 5) is 17.3. The van der Waals surface area contributed by atoms with Gasteiger partial charge in [0.2, 0.25) is 0 Å². The van der Waals surface area contributed by atoms with Gasteiger partial charge >= 0.3 is 0 Å². The highest BCUT2D eigenvalue weighted by Crippen LogP contribution is 2.10. The van der Waals surface area contributed by atoms with Gasteiger partial charge in [-0.2, -0.15) is 0 Å². The molecule has 0 amide bonds. The lowest BCUT2D eigenvalue weighted by molar-refractivity contribution is 0.111. The Bertz CT molecular complexity index is 264. The molecule has 1 aromatic heterocycles. The number of carbonyl (C=O) groups is 1. The molecule has 1 aromatic rings. The zero-order valence-electron chi connectivity index (χ0n) is 4.71. The van der Waals surface area contributed by atoms with Crippen LogP contribution in [-0.4, -0.2) is 16.3 Å². The summed E-state index contributed by atoms with van der Waals surface area (Å²) >= 11 is 10.8. The second kappa shape index (κ2) is 2.94. The van der Waals surface area contributed by atoms with Gasteiger partial charge in [0.25, 0.3) is 0 Å². The predicted molar refractivity (Wildman–Crippen MR) is 37.4 cm³/mol. The first kappa shape index (κ1) is 7.44. The van der Waals surface area contributed by atoms with Crippen LogP contribution in [0.25, 0.3) is 0 Å². The van der Waals surface area contributed by atoms with E-state index in [2.05, 4.69) is 9.97 Å². The molecule has 0 unspecified atom stereocenters. The van der Waals surface area contributed by atoms with Gasteiger partial charge < -0.3 is 0 Å². The number of aldehydes is 1. The fraction of sp³-hybridized carbons (Fsp3) is 0. The molecule has 0 fully saturated rings. The molecule has 5 heteroatoms. The number of nitrogens with zero attached hydrogens (tertiary/aromatic N) is 2. The molecule has 0 radical (unpaired) electrons. The van der Waals surface area contributed by atoms with Crippen LogP contribution in [0.5, 0.6) is 0 Å². The number of halogens is 2. The number of rotatable bonds is 1. The molecule has 1 heterocycles. The maximum absolute atomic E-state index is 10.1. The van der Waals surface area contributed by atoms with E-state index < -0.39 is 0 Å². The maximum Gasteiger partial charge on any atom is 0.171 e. The molecule has 0 bridgehead atoms. The zero-order chi connectivity index (χ0) is 7.56. The second-order valence-corrected chi connectivity index (χ2v) is 2.23. The highest BCUT2D eigenvalue weighted by molar-refractivity contribution is 6.33. The Labute approximate surface area is 67.0 Å². The minimum atomic E-state index is 0.0301. The molecule has 0 N–H and O–H groups in total. The molecule has 0 atom stereocenters. The van der Waals surface area contributed by atoms with E-state index in [4.69, 9.17) is 23.2 Å². The van der Waals surface area contributed by atoms with Gasteiger partial charge in [0.1, 0.15) is 10.8 Å². The van der Waals surface area contributed by atoms with Crippen LogP contribution in [0.15, 0.2) is 6.20 Å². The highest BCUT2D eigenvalue weighted by atomic mass is 35.5. The Morgan fingerprint density at radius 3 is 2.70 bits per heavy atom. The van der Waals surface area contributed by atoms with Crippen LogP contribution >= 0.6 is 23.2 Å². The lowest BCUT2D eigenvalue weighted by atomic mass is 10.5. The van der Waals surface area contributed by atoms with Crippen molar-refractivity contribution < 1.29 is 4.79 Å². The van der Waals surface area contributed by atoms with E-state index in [9.17, 15) is 4.79 Å². The molecule has 0 aliphatic carbocycles. The SMILES string of the molecule is O=Cc1ncc(Cl)nc1Cl. The summed E-state index contributed by atoms with van der Waals surface area (Å²) in [5, 5.41) is 0.207. The van der Waals surface area contributed by atoms with Crippen LogP contribution in [0.1, 0.15) is 10.5 Å². The van der Waals surface area contributed by atoms with Crippen molar-refractivity contribution in [2.75, 3.05) is 0 Å². The van der Waals surface area contributed by atoms with Crippen LogP contribution in [0, 0.1) is 0 Å². The lowest BCUT2D eigenvalue weighted by Crippen LogP contribution is -1.90. The lowest BCUT2D eigenvalue weighted by Gasteiger charge is -1.91. The third kappa shape index (κ3) is 1.43. The van der Waals surface area contributed by atoms with Crippen molar-refractivity contribution in [2.24, 2.45) is 0 Å². The Hall–Kier alpha value is -0.670. The van der Waals surface area contributed by atoms with Crippen LogP contribution in [0.2, 0.25) is 10.3 Å². The van der Waals surface area contributed by atoms with Crippen LogP contribution in [-0.2, 0) is 0 Å². The third-order valence-electron chi connectivity index (χ3n) is 0.838. The molecule has 0 saturated carbocycles. The quantitative estimate of drug-likeness (QED) is 0.611. The van der Waals surface area contributed by atoms with Gasteiger partial charge in [-0.1, -0.05) is 23.2 Å². The van der Waals surface area contributed by atoms with Crippen molar-refractivity contribution in [1.82, 2.24) is 9.97 Å². The van der Waals surface area contributed by atoms with Crippen molar-refractivity contribution in [3.63, 3.8) is 0 Å². The summed E-state index contributed by atoms with van der Waals surface area (Å²) in [6.45, 7) is 0. The van der Waals surface area contributed by atoms with E-state index in [-0.39, 0.29) is 16.0 Å². The summed E-state index contributed by atoms with van der Waals surface area (Å²) in [6.07, 6.45) is 1.78. The summed E-state index contributed by atoms with van der Waals surface area (Å²) < 4.78 is 0. The number of hydrogen-bond donors (Lipinski definition) is 0. The Morgan fingerprint density at radius 1 is 1.50 bits per heavy atom. The van der Waals surface area contributed by atoms with E-state index in [1.165, 1.54) is 6.20 Å². The van der Waals surface area contributed by atoms with Crippen molar-refractivity contribution >= 4 is 29.5 Å². The number of carbonyl (C=O) groups excluding carboxylic acids is 1. The molecule has 3 nitrogen and oxygen atoms in total. The average molecular weight is 177 g/mol. The summed E-state index contributed by atoms with van der Waals surface area (Å²) in [5.41, 5.74) is 0.103. The van der Waals surface area contributed by atoms with Gasteiger partial charge in [-0.25, -0.2) is 9.97 Å². The fourth-order valence-corrected chi connectivity index (χ4v) is 0.796. The molecule has 0 saturated heterocycles. The number of aromatic nitrogens is 2. The molecule has 1 rings (SSSR count). The maximum atomic E-state index is 10.1. The Balaban J connectivity index is 3.19. The smallest absolute Gasteiger partial charge is 0.171 e. The minimum Gasteiger partial charge on any atom is -0.296 e. The first-order valence-corrected chi connectivity index (χ1v) is 3.13. The van der Waals surface area contributed by atoms with Gasteiger partial charge in [-0.15, -0.1) is 0 Å². The summed E-state index contributed by atoms with van der Waals surface area (Å²) in [7, 11) is 0. The summed E-state index contributed by atoms with van der Waals surface area (Å²) in [6, 6.07) is 0. The molecule has 0 spiro atoms. The van der Waals surface area contributed by atoms with Crippen molar-refractivity contribution in [3.05, 3.63) is 22.2 Å². The molecule has 0 aliphatic heterocycles. The Kier molecular flexibility index (Phi) is 2.19. The Morgan fingerprint density at radius 2 is 2.20 bits per heavy atom. The molecule has 0 aliphatic rings. The average Bonchev–Trinajstić information content (AvgIpc) is 1.88. The zero-order valence-corrected chi connectivity index (χ0v) is 6.23. The topological polar surface area (TPSA) is 42.9 Å². The first-order chi connectivity index (χ1) is 4.74. The van der Waals surface area contributed by atoms with Crippen molar-refractivity contribution in [2.45, 2.75) is 0 Å². The summed E-state index contributed by atoms with van der Waals surface area (Å²) in [5.74, 6) is 0. The van der Waals surface area contributed by atoms with Gasteiger partial charge in [0, 0.05) is 0 Å². The molecule has 0 aromatic carbocycles. The van der Waals surface area contributed by atoms with Crippen LogP contribution in [0.3, 0.4) is 0 Å².